The van der Waals surface area contributed by atoms with Crippen LogP contribution in [0, 0.1) is 0 Å². The predicted molar refractivity (Wildman–Crippen MR) is 119 cm³/mol. The SMILES string of the molecule is COC[C@@H]1CCCN1CCCc1nn(C)c2nc(N3CCCCCCC3)ccc12. The molecule has 0 spiro atoms. The third-order valence-corrected chi connectivity index (χ3v) is 6.65. The summed E-state index contributed by atoms with van der Waals surface area (Å²) in [4.78, 5) is 10.1. The number of anilines is 1. The van der Waals surface area contributed by atoms with Gasteiger partial charge in [-0.2, -0.15) is 5.10 Å². The maximum absolute atomic E-state index is 5.39. The van der Waals surface area contributed by atoms with E-state index < -0.39 is 0 Å². The Labute approximate surface area is 175 Å². The first kappa shape index (κ1) is 20.6. The summed E-state index contributed by atoms with van der Waals surface area (Å²) in [6.45, 7) is 5.45. The molecule has 4 heterocycles. The van der Waals surface area contributed by atoms with E-state index in [0.29, 0.717) is 6.04 Å². The van der Waals surface area contributed by atoms with Crippen molar-refractivity contribution in [3.05, 3.63) is 17.8 Å². The van der Waals surface area contributed by atoms with Crippen LogP contribution in [0.4, 0.5) is 5.82 Å². The molecule has 2 aliphatic heterocycles. The number of likely N-dealkylation sites (tertiary alicyclic amines) is 1. The highest BCUT2D eigenvalue weighted by Crippen LogP contribution is 2.24. The van der Waals surface area contributed by atoms with Crippen LogP contribution in [0.15, 0.2) is 12.1 Å². The van der Waals surface area contributed by atoms with Crippen LogP contribution < -0.4 is 4.90 Å². The van der Waals surface area contributed by atoms with Crippen molar-refractivity contribution in [2.45, 2.75) is 63.8 Å². The lowest BCUT2D eigenvalue weighted by atomic mass is 10.1. The van der Waals surface area contributed by atoms with Gasteiger partial charge in [0.25, 0.3) is 0 Å². The van der Waals surface area contributed by atoms with Gasteiger partial charge in [0.2, 0.25) is 0 Å². The minimum atomic E-state index is 0.600. The standard InChI is InChI=1S/C23H37N5O/c1-26-23-20(12-13-22(24-23)28-14-6-4-3-5-7-15-28)21(25-26)11-9-17-27-16-8-10-19(27)18-29-2/h12-13,19H,3-11,14-18H2,1-2H3/t19-/m0/s1. The molecule has 29 heavy (non-hydrogen) atoms. The molecule has 0 amide bonds. The van der Waals surface area contributed by atoms with Crippen molar-refractivity contribution in [3.63, 3.8) is 0 Å². The van der Waals surface area contributed by atoms with E-state index in [9.17, 15) is 0 Å². The molecular weight excluding hydrogens is 362 g/mol. The van der Waals surface area contributed by atoms with E-state index in [1.54, 1.807) is 0 Å². The molecule has 0 unspecified atom stereocenters. The number of nitrogens with zero attached hydrogens (tertiary/aromatic N) is 5. The molecule has 0 aromatic carbocycles. The zero-order valence-corrected chi connectivity index (χ0v) is 18.3. The highest BCUT2D eigenvalue weighted by Gasteiger charge is 2.24. The molecule has 4 rings (SSSR count). The zero-order chi connectivity index (χ0) is 20.1. The fourth-order valence-corrected chi connectivity index (χ4v) is 5.05. The average molecular weight is 400 g/mol. The van der Waals surface area contributed by atoms with Gasteiger partial charge in [-0.3, -0.25) is 9.58 Å². The average Bonchev–Trinajstić information content (AvgIpc) is 3.26. The van der Waals surface area contributed by atoms with Gasteiger partial charge >= 0.3 is 0 Å². The van der Waals surface area contributed by atoms with Crippen LogP contribution in [-0.2, 0) is 18.2 Å². The topological polar surface area (TPSA) is 46.4 Å². The molecule has 0 N–H and O–H groups in total. The molecule has 6 heteroatoms. The van der Waals surface area contributed by atoms with Crippen molar-refractivity contribution in [2.75, 3.05) is 44.8 Å². The molecule has 2 aromatic heterocycles. The third kappa shape index (κ3) is 4.92. The first-order valence-electron chi connectivity index (χ1n) is 11.6. The molecule has 2 fully saturated rings. The second-order valence-electron chi connectivity index (χ2n) is 8.76. The minimum absolute atomic E-state index is 0.600. The number of aromatic nitrogens is 3. The van der Waals surface area contributed by atoms with Gasteiger partial charge in [-0.25, -0.2) is 4.98 Å². The Balaban J connectivity index is 1.41. The quantitative estimate of drug-likeness (QED) is 0.709. The van der Waals surface area contributed by atoms with Gasteiger partial charge in [-0.1, -0.05) is 19.3 Å². The molecule has 2 aromatic rings. The maximum Gasteiger partial charge on any atom is 0.160 e. The Bertz CT molecular complexity index is 781. The van der Waals surface area contributed by atoms with Gasteiger partial charge in [0.1, 0.15) is 5.82 Å². The van der Waals surface area contributed by atoms with E-state index in [-0.39, 0.29) is 0 Å². The van der Waals surface area contributed by atoms with Gasteiger partial charge in [-0.05, 0) is 63.7 Å². The molecule has 6 nitrogen and oxygen atoms in total. The maximum atomic E-state index is 5.39. The Morgan fingerprint density at radius 1 is 1.03 bits per heavy atom. The number of hydrogen-bond donors (Lipinski definition) is 0. The molecule has 0 saturated carbocycles. The third-order valence-electron chi connectivity index (χ3n) is 6.65. The molecule has 0 radical (unpaired) electrons. The molecule has 0 aliphatic carbocycles. The largest absolute Gasteiger partial charge is 0.383 e. The van der Waals surface area contributed by atoms with Crippen LogP contribution in [0.3, 0.4) is 0 Å². The lowest BCUT2D eigenvalue weighted by Gasteiger charge is -2.25. The summed E-state index contributed by atoms with van der Waals surface area (Å²) in [5.74, 6) is 1.12. The second kappa shape index (κ2) is 9.90. The van der Waals surface area contributed by atoms with Crippen LogP contribution in [-0.4, -0.2) is 65.6 Å². The van der Waals surface area contributed by atoms with Crippen LogP contribution in [0.2, 0.25) is 0 Å². The summed E-state index contributed by atoms with van der Waals surface area (Å²) in [5, 5.41) is 6.04. The summed E-state index contributed by atoms with van der Waals surface area (Å²) < 4.78 is 7.36. The number of aryl methyl sites for hydroxylation is 2. The Morgan fingerprint density at radius 2 is 1.83 bits per heavy atom. The van der Waals surface area contributed by atoms with Crippen LogP contribution in [0.25, 0.3) is 11.0 Å². The number of fused-ring (bicyclic) bond motifs is 1. The second-order valence-corrected chi connectivity index (χ2v) is 8.76. The molecule has 2 saturated heterocycles. The van der Waals surface area contributed by atoms with Crippen LogP contribution in [0.5, 0.6) is 0 Å². The van der Waals surface area contributed by atoms with Gasteiger partial charge in [0.15, 0.2) is 5.65 Å². The normalized spacial score (nSPS) is 21.6. The Morgan fingerprint density at radius 3 is 2.62 bits per heavy atom. The number of methoxy groups -OCH3 is 1. The van der Waals surface area contributed by atoms with E-state index in [1.807, 2.05) is 18.8 Å². The fraction of sp³-hybridized carbons (Fsp3) is 0.739. The van der Waals surface area contributed by atoms with Gasteiger partial charge in [-0.15, -0.1) is 0 Å². The monoisotopic (exact) mass is 399 g/mol. The molecule has 2 aliphatic rings. The van der Waals surface area contributed by atoms with Crippen molar-refractivity contribution in [1.29, 1.82) is 0 Å². The van der Waals surface area contributed by atoms with Gasteiger partial charge in [0.05, 0.1) is 12.3 Å². The summed E-state index contributed by atoms with van der Waals surface area (Å²) in [5.41, 5.74) is 2.22. The lowest BCUT2D eigenvalue weighted by Crippen LogP contribution is -2.33. The molecule has 1 atom stereocenters. The van der Waals surface area contributed by atoms with E-state index in [1.165, 1.54) is 62.6 Å². The number of hydrogen-bond acceptors (Lipinski definition) is 5. The fourth-order valence-electron chi connectivity index (χ4n) is 5.05. The first-order valence-corrected chi connectivity index (χ1v) is 11.6. The summed E-state index contributed by atoms with van der Waals surface area (Å²) in [6, 6.07) is 5.06. The number of rotatable bonds is 7. The predicted octanol–water partition coefficient (Wildman–Crippen LogP) is 3.78. The van der Waals surface area contributed by atoms with Gasteiger partial charge in [0, 0.05) is 38.7 Å². The molecule has 160 valence electrons. The smallest absolute Gasteiger partial charge is 0.160 e. The Kier molecular flexibility index (Phi) is 7.03. The van der Waals surface area contributed by atoms with Crippen molar-refractivity contribution in [2.24, 2.45) is 7.05 Å². The van der Waals surface area contributed by atoms with E-state index in [4.69, 9.17) is 14.8 Å². The number of pyridine rings is 1. The number of ether oxygens (including phenoxy) is 1. The minimum Gasteiger partial charge on any atom is -0.383 e. The summed E-state index contributed by atoms with van der Waals surface area (Å²) in [7, 11) is 3.84. The van der Waals surface area contributed by atoms with Crippen molar-refractivity contribution in [3.8, 4) is 0 Å². The van der Waals surface area contributed by atoms with E-state index in [2.05, 4.69) is 21.9 Å². The molecular formula is C23H37N5O. The van der Waals surface area contributed by atoms with E-state index in [0.717, 1.165) is 50.5 Å². The zero-order valence-electron chi connectivity index (χ0n) is 18.3. The van der Waals surface area contributed by atoms with E-state index >= 15 is 0 Å². The van der Waals surface area contributed by atoms with Crippen molar-refractivity contribution >= 4 is 16.9 Å². The first-order chi connectivity index (χ1) is 14.3. The van der Waals surface area contributed by atoms with Crippen LogP contribution in [0.1, 0.15) is 57.1 Å². The Hall–Kier alpha value is -1.66. The lowest BCUT2D eigenvalue weighted by molar-refractivity contribution is 0.115. The van der Waals surface area contributed by atoms with Crippen molar-refractivity contribution in [1.82, 2.24) is 19.7 Å². The van der Waals surface area contributed by atoms with Crippen LogP contribution >= 0.6 is 0 Å². The summed E-state index contributed by atoms with van der Waals surface area (Å²) >= 11 is 0. The molecule has 0 bridgehead atoms. The highest BCUT2D eigenvalue weighted by molar-refractivity contribution is 5.80. The summed E-state index contributed by atoms with van der Waals surface area (Å²) in [6.07, 6.45) is 11.3. The van der Waals surface area contributed by atoms with Crippen molar-refractivity contribution < 1.29 is 4.74 Å². The highest BCUT2D eigenvalue weighted by atomic mass is 16.5. The van der Waals surface area contributed by atoms with Gasteiger partial charge < -0.3 is 9.64 Å².